The lowest BCUT2D eigenvalue weighted by molar-refractivity contribution is -0.138. The van der Waals surface area contributed by atoms with Crippen LogP contribution in [0.4, 0.5) is 19.0 Å². The fraction of sp³-hybridized carbons (Fsp3) is 0.500. The van der Waals surface area contributed by atoms with Gasteiger partial charge < -0.3 is 10.4 Å². The summed E-state index contributed by atoms with van der Waals surface area (Å²) in [6.45, 7) is 2.01. The van der Waals surface area contributed by atoms with Crippen LogP contribution in [0, 0.1) is 5.92 Å². The van der Waals surface area contributed by atoms with Crippen molar-refractivity contribution in [1.29, 1.82) is 0 Å². The van der Waals surface area contributed by atoms with E-state index in [-0.39, 0.29) is 24.7 Å². The number of pyridine rings is 1. The zero-order chi connectivity index (χ0) is 14.5. The molecular formula is C12H15F3N2O2. The first-order valence-electron chi connectivity index (χ1n) is 5.78. The van der Waals surface area contributed by atoms with Crippen LogP contribution in [0.25, 0.3) is 0 Å². The molecule has 1 aromatic heterocycles. The lowest BCUT2D eigenvalue weighted by Crippen LogP contribution is -2.17. The van der Waals surface area contributed by atoms with Gasteiger partial charge in [0.1, 0.15) is 5.82 Å². The average molecular weight is 276 g/mol. The fourth-order valence-corrected chi connectivity index (χ4v) is 1.52. The van der Waals surface area contributed by atoms with Gasteiger partial charge in [0.2, 0.25) is 0 Å². The third kappa shape index (κ3) is 5.15. The molecule has 0 aliphatic rings. The highest BCUT2D eigenvalue weighted by molar-refractivity contribution is 5.66. The van der Waals surface area contributed by atoms with Crippen LogP contribution in [0.2, 0.25) is 0 Å². The summed E-state index contributed by atoms with van der Waals surface area (Å²) in [5.41, 5.74) is -0.819. The van der Waals surface area contributed by atoms with Crippen molar-refractivity contribution < 1.29 is 23.1 Å². The molecule has 1 heterocycles. The Bertz CT molecular complexity index is 435. The highest BCUT2D eigenvalue weighted by Crippen LogP contribution is 2.33. The molecule has 0 fully saturated rings. The minimum atomic E-state index is -4.46. The Morgan fingerprint density at radius 2 is 2.21 bits per heavy atom. The number of carbonyl (C=O) groups is 1. The van der Waals surface area contributed by atoms with E-state index in [1.165, 1.54) is 12.3 Å². The van der Waals surface area contributed by atoms with Crippen LogP contribution in [0.15, 0.2) is 18.3 Å². The van der Waals surface area contributed by atoms with Crippen molar-refractivity contribution in [2.24, 2.45) is 5.92 Å². The molecule has 1 aromatic rings. The van der Waals surface area contributed by atoms with Crippen molar-refractivity contribution in [1.82, 2.24) is 4.98 Å². The maximum absolute atomic E-state index is 12.7. The number of halogens is 3. The number of carboxylic acids is 1. The summed E-state index contributed by atoms with van der Waals surface area (Å²) in [6.07, 6.45) is -2.78. The Balaban J connectivity index is 2.60. The SMILES string of the molecule is CC(CCC(=O)O)CNc1ncccc1C(F)(F)F. The summed E-state index contributed by atoms with van der Waals surface area (Å²) >= 11 is 0. The molecule has 0 spiro atoms. The third-order valence-electron chi connectivity index (χ3n) is 2.58. The van der Waals surface area contributed by atoms with Crippen molar-refractivity contribution in [3.05, 3.63) is 23.9 Å². The molecule has 7 heteroatoms. The number of nitrogens with one attached hydrogen (secondary N) is 1. The van der Waals surface area contributed by atoms with Gasteiger partial charge in [-0.3, -0.25) is 4.79 Å². The van der Waals surface area contributed by atoms with Crippen molar-refractivity contribution in [3.63, 3.8) is 0 Å². The molecule has 1 atom stereocenters. The van der Waals surface area contributed by atoms with Gasteiger partial charge in [-0.2, -0.15) is 13.2 Å². The van der Waals surface area contributed by atoms with Crippen molar-refractivity contribution >= 4 is 11.8 Å². The molecule has 0 radical (unpaired) electrons. The zero-order valence-electron chi connectivity index (χ0n) is 10.4. The molecule has 106 valence electrons. The van der Waals surface area contributed by atoms with E-state index in [1.807, 2.05) is 0 Å². The van der Waals surface area contributed by atoms with Crippen LogP contribution in [-0.2, 0) is 11.0 Å². The highest BCUT2D eigenvalue weighted by Gasteiger charge is 2.34. The van der Waals surface area contributed by atoms with E-state index in [2.05, 4.69) is 10.3 Å². The Morgan fingerprint density at radius 1 is 1.53 bits per heavy atom. The maximum Gasteiger partial charge on any atom is 0.419 e. The number of aromatic nitrogens is 1. The minimum absolute atomic E-state index is 0.00278. The minimum Gasteiger partial charge on any atom is -0.481 e. The fourth-order valence-electron chi connectivity index (χ4n) is 1.52. The highest BCUT2D eigenvalue weighted by atomic mass is 19.4. The first-order valence-corrected chi connectivity index (χ1v) is 5.78. The quantitative estimate of drug-likeness (QED) is 0.838. The van der Waals surface area contributed by atoms with E-state index in [1.54, 1.807) is 6.92 Å². The Morgan fingerprint density at radius 3 is 2.79 bits per heavy atom. The molecular weight excluding hydrogens is 261 g/mol. The lowest BCUT2D eigenvalue weighted by atomic mass is 10.1. The van der Waals surface area contributed by atoms with Crippen LogP contribution in [0.3, 0.4) is 0 Å². The van der Waals surface area contributed by atoms with E-state index in [4.69, 9.17) is 5.11 Å². The van der Waals surface area contributed by atoms with Gasteiger partial charge in [0, 0.05) is 19.2 Å². The van der Waals surface area contributed by atoms with Gasteiger partial charge in [-0.25, -0.2) is 4.98 Å². The summed E-state index contributed by atoms with van der Waals surface area (Å²) in [6, 6.07) is 2.18. The van der Waals surface area contributed by atoms with Crippen LogP contribution in [0.1, 0.15) is 25.3 Å². The molecule has 2 N–H and O–H groups in total. The second kappa shape index (κ2) is 6.40. The van der Waals surface area contributed by atoms with Gasteiger partial charge in [-0.05, 0) is 24.5 Å². The number of rotatable bonds is 6. The molecule has 0 saturated heterocycles. The summed E-state index contributed by atoms with van der Waals surface area (Å²) in [7, 11) is 0. The van der Waals surface area contributed by atoms with Gasteiger partial charge in [0.05, 0.1) is 5.56 Å². The second-order valence-corrected chi connectivity index (χ2v) is 4.32. The topological polar surface area (TPSA) is 62.2 Å². The van der Waals surface area contributed by atoms with Gasteiger partial charge in [-0.1, -0.05) is 6.92 Å². The normalized spacial score (nSPS) is 13.1. The molecule has 4 nitrogen and oxygen atoms in total. The molecule has 0 aliphatic heterocycles. The third-order valence-corrected chi connectivity index (χ3v) is 2.58. The second-order valence-electron chi connectivity index (χ2n) is 4.32. The smallest absolute Gasteiger partial charge is 0.419 e. The van der Waals surface area contributed by atoms with Crippen molar-refractivity contribution in [3.8, 4) is 0 Å². The van der Waals surface area contributed by atoms with E-state index >= 15 is 0 Å². The molecule has 0 aliphatic carbocycles. The number of carboxylic acid groups (broad SMARTS) is 1. The first kappa shape index (κ1) is 15.3. The number of hydrogen-bond donors (Lipinski definition) is 2. The molecule has 1 unspecified atom stereocenters. The summed E-state index contributed by atoms with van der Waals surface area (Å²) < 4.78 is 38.0. The number of hydrogen-bond acceptors (Lipinski definition) is 3. The number of anilines is 1. The first-order chi connectivity index (χ1) is 8.80. The van der Waals surface area contributed by atoms with Crippen molar-refractivity contribution in [2.75, 3.05) is 11.9 Å². The van der Waals surface area contributed by atoms with E-state index < -0.39 is 17.7 Å². The number of alkyl halides is 3. The lowest BCUT2D eigenvalue weighted by Gasteiger charge is -2.15. The summed E-state index contributed by atoms with van der Waals surface area (Å²) in [4.78, 5) is 14.0. The van der Waals surface area contributed by atoms with Crippen LogP contribution >= 0.6 is 0 Å². The predicted octanol–water partition coefficient (Wildman–Crippen LogP) is 3.01. The van der Waals surface area contributed by atoms with Gasteiger partial charge in [0.15, 0.2) is 0 Å². The predicted molar refractivity (Wildman–Crippen MR) is 63.8 cm³/mol. The van der Waals surface area contributed by atoms with Crippen molar-refractivity contribution in [2.45, 2.75) is 25.9 Å². The largest absolute Gasteiger partial charge is 0.481 e. The number of aliphatic carboxylic acids is 1. The zero-order valence-corrected chi connectivity index (χ0v) is 10.4. The van der Waals surface area contributed by atoms with E-state index in [9.17, 15) is 18.0 Å². The van der Waals surface area contributed by atoms with Gasteiger partial charge in [-0.15, -0.1) is 0 Å². The maximum atomic E-state index is 12.7. The molecule has 0 bridgehead atoms. The molecule has 0 amide bonds. The van der Waals surface area contributed by atoms with Crippen LogP contribution in [-0.4, -0.2) is 22.6 Å². The number of nitrogens with zero attached hydrogens (tertiary/aromatic N) is 1. The Kier molecular flexibility index (Phi) is 5.14. The summed E-state index contributed by atoms with van der Waals surface area (Å²) in [5.74, 6) is -1.20. The average Bonchev–Trinajstić information content (AvgIpc) is 2.33. The summed E-state index contributed by atoms with van der Waals surface area (Å²) in [5, 5.41) is 11.1. The van der Waals surface area contributed by atoms with Gasteiger partial charge >= 0.3 is 12.1 Å². The monoisotopic (exact) mass is 276 g/mol. The van der Waals surface area contributed by atoms with Gasteiger partial charge in [0.25, 0.3) is 0 Å². The van der Waals surface area contributed by atoms with E-state index in [0.717, 1.165) is 6.07 Å². The Labute approximate surface area is 108 Å². The van der Waals surface area contributed by atoms with E-state index in [0.29, 0.717) is 6.42 Å². The van der Waals surface area contributed by atoms with Crippen LogP contribution < -0.4 is 5.32 Å². The molecule has 0 saturated carbocycles. The molecule has 19 heavy (non-hydrogen) atoms. The van der Waals surface area contributed by atoms with Crippen LogP contribution in [0.5, 0.6) is 0 Å². The Hall–Kier alpha value is -1.79. The standard InChI is InChI=1S/C12H15F3N2O2/c1-8(4-5-10(18)19)7-17-11-9(12(13,14)15)3-2-6-16-11/h2-3,6,8H,4-5,7H2,1H3,(H,16,17)(H,18,19). The molecule has 0 aromatic carbocycles. The molecule has 1 rings (SSSR count).